The summed E-state index contributed by atoms with van der Waals surface area (Å²) in [5, 5.41) is 17.6. The van der Waals surface area contributed by atoms with Crippen molar-refractivity contribution in [3.8, 4) is 0 Å². The summed E-state index contributed by atoms with van der Waals surface area (Å²) in [7, 11) is 0. The highest BCUT2D eigenvalue weighted by atomic mass is 16.3. The van der Waals surface area contributed by atoms with Crippen LogP contribution in [0.1, 0.15) is 19.8 Å². The van der Waals surface area contributed by atoms with Crippen LogP contribution in [0.2, 0.25) is 0 Å². The largest absolute Gasteiger partial charge is 0.379 e. The van der Waals surface area contributed by atoms with Crippen LogP contribution in [0, 0.1) is 0 Å². The summed E-state index contributed by atoms with van der Waals surface area (Å²) in [5.41, 5.74) is 8.89. The van der Waals surface area contributed by atoms with Crippen molar-refractivity contribution in [1.82, 2.24) is 0 Å². The predicted molar refractivity (Wildman–Crippen MR) is 34.2 cm³/mol. The summed E-state index contributed by atoms with van der Waals surface area (Å²) in [5.74, 6) is 0. The van der Waals surface area contributed by atoms with E-state index in [1.165, 1.54) is 0 Å². The van der Waals surface area contributed by atoms with Crippen molar-refractivity contribution in [2.75, 3.05) is 0 Å². The molecule has 0 radical (unpaired) electrons. The highest BCUT2D eigenvalue weighted by Crippen LogP contribution is 2.06. The first-order valence-corrected chi connectivity index (χ1v) is 2.93. The molecule has 2 unspecified atom stereocenters. The van der Waals surface area contributed by atoms with Gasteiger partial charge in [0.1, 0.15) is 12.0 Å². The van der Waals surface area contributed by atoms with Crippen molar-refractivity contribution in [1.29, 1.82) is 0 Å². The Morgan fingerprint density at radius 1 is 1.67 bits per heavy atom. The Kier molecular flexibility index (Phi) is 3.07. The van der Waals surface area contributed by atoms with Gasteiger partial charge in [0, 0.05) is 6.42 Å². The zero-order valence-electron chi connectivity index (χ0n) is 5.54. The molecule has 0 rings (SSSR count). The number of hydrogen-bond acceptors (Lipinski definition) is 4. The third kappa shape index (κ3) is 4.35. The molecule has 0 saturated heterocycles. The van der Waals surface area contributed by atoms with Crippen LogP contribution in [0.15, 0.2) is 0 Å². The number of aliphatic hydroxyl groups excluding tert-OH is 1. The lowest BCUT2D eigenvalue weighted by molar-refractivity contribution is -0.00693. The molecule has 9 heavy (non-hydrogen) atoms. The van der Waals surface area contributed by atoms with Gasteiger partial charge in [0.25, 0.3) is 0 Å². The van der Waals surface area contributed by atoms with Crippen LogP contribution < -0.4 is 11.5 Å². The third-order valence-corrected chi connectivity index (χ3v) is 1.17. The second-order valence-corrected chi connectivity index (χ2v) is 2.23. The smallest absolute Gasteiger partial charge is 0.117 e. The molecule has 6 N–H and O–H groups in total. The van der Waals surface area contributed by atoms with Gasteiger partial charge in [-0.15, -0.1) is 0 Å². The Bertz CT molecular complexity index is 83.0. The maximum absolute atomic E-state index is 9.03. The molecule has 4 heteroatoms. The zero-order valence-corrected chi connectivity index (χ0v) is 5.54. The molecule has 0 fully saturated rings. The summed E-state index contributed by atoms with van der Waals surface area (Å²) < 4.78 is 0. The molecule has 0 aromatic carbocycles. The molecule has 0 aliphatic carbocycles. The molecule has 4 nitrogen and oxygen atoms in total. The first-order chi connectivity index (χ1) is 3.98. The van der Waals surface area contributed by atoms with E-state index in [1.807, 2.05) is 0 Å². The number of aliphatic hydroxyl groups is 2. The molecular formula is C5H14N2O2. The van der Waals surface area contributed by atoms with Crippen molar-refractivity contribution in [2.24, 2.45) is 11.5 Å². The van der Waals surface area contributed by atoms with Gasteiger partial charge in [0.15, 0.2) is 0 Å². The van der Waals surface area contributed by atoms with E-state index in [2.05, 4.69) is 0 Å². The highest BCUT2D eigenvalue weighted by Gasteiger charge is 2.20. The number of hydrogen-bond donors (Lipinski definition) is 4. The standard InChI is InChI=1S/C5H14N2O2/c1-2-5(7,9)3-4(6)8/h4,8-9H,2-3,6-7H2,1H3. The average molecular weight is 134 g/mol. The Hall–Kier alpha value is -0.160. The van der Waals surface area contributed by atoms with E-state index in [9.17, 15) is 0 Å². The molecule has 0 spiro atoms. The van der Waals surface area contributed by atoms with Crippen LogP contribution in [0.3, 0.4) is 0 Å². The van der Waals surface area contributed by atoms with Crippen LogP contribution in [-0.2, 0) is 0 Å². The summed E-state index contributed by atoms with van der Waals surface area (Å²) in [4.78, 5) is 0. The van der Waals surface area contributed by atoms with Crippen LogP contribution in [-0.4, -0.2) is 22.2 Å². The van der Waals surface area contributed by atoms with Crippen molar-refractivity contribution >= 4 is 0 Å². The highest BCUT2D eigenvalue weighted by molar-refractivity contribution is 4.69. The first-order valence-electron chi connectivity index (χ1n) is 2.93. The number of nitrogens with two attached hydrogens (primary N) is 2. The maximum Gasteiger partial charge on any atom is 0.117 e. The fourth-order valence-electron chi connectivity index (χ4n) is 0.506. The SMILES string of the molecule is CCC(N)(O)CC(N)O. The summed E-state index contributed by atoms with van der Waals surface area (Å²) in [6.45, 7) is 1.72. The topological polar surface area (TPSA) is 92.5 Å². The quantitative estimate of drug-likeness (QED) is 0.361. The summed E-state index contributed by atoms with van der Waals surface area (Å²) in [6.07, 6.45) is -0.620. The number of rotatable bonds is 3. The second kappa shape index (κ2) is 3.12. The van der Waals surface area contributed by atoms with Gasteiger partial charge >= 0.3 is 0 Å². The molecule has 0 bridgehead atoms. The normalized spacial score (nSPS) is 21.0. The van der Waals surface area contributed by atoms with E-state index in [1.54, 1.807) is 6.92 Å². The van der Waals surface area contributed by atoms with Gasteiger partial charge in [-0.3, -0.25) is 0 Å². The van der Waals surface area contributed by atoms with Gasteiger partial charge in [-0.25, -0.2) is 0 Å². The lowest BCUT2D eigenvalue weighted by atomic mass is 10.1. The first kappa shape index (κ1) is 8.84. The molecule has 0 saturated carbocycles. The molecule has 0 aromatic rings. The lowest BCUT2D eigenvalue weighted by Crippen LogP contribution is -2.44. The third-order valence-electron chi connectivity index (χ3n) is 1.17. The molecule has 0 aliphatic rings. The second-order valence-electron chi connectivity index (χ2n) is 2.23. The molecule has 0 heterocycles. The molecule has 0 amide bonds. The van der Waals surface area contributed by atoms with Gasteiger partial charge in [-0.05, 0) is 6.42 Å². The summed E-state index contributed by atoms with van der Waals surface area (Å²) >= 11 is 0. The van der Waals surface area contributed by atoms with E-state index in [-0.39, 0.29) is 6.42 Å². The van der Waals surface area contributed by atoms with Crippen LogP contribution in [0.4, 0.5) is 0 Å². The maximum atomic E-state index is 9.03. The average Bonchev–Trinajstić information content (AvgIpc) is 1.63. The molecule has 2 atom stereocenters. The van der Waals surface area contributed by atoms with Gasteiger partial charge in [-0.1, -0.05) is 6.92 Å². The van der Waals surface area contributed by atoms with E-state index in [0.717, 1.165) is 0 Å². The molecular weight excluding hydrogens is 120 g/mol. The van der Waals surface area contributed by atoms with Crippen molar-refractivity contribution in [2.45, 2.75) is 31.7 Å². The monoisotopic (exact) mass is 134 g/mol. The van der Waals surface area contributed by atoms with Gasteiger partial charge < -0.3 is 21.7 Å². The van der Waals surface area contributed by atoms with E-state index < -0.39 is 12.0 Å². The van der Waals surface area contributed by atoms with E-state index >= 15 is 0 Å². The Morgan fingerprint density at radius 2 is 2.11 bits per heavy atom. The molecule has 56 valence electrons. The molecule has 0 aromatic heterocycles. The van der Waals surface area contributed by atoms with Crippen molar-refractivity contribution in [3.05, 3.63) is 0 Å². The van der Waals surface area contributed by atoms with E-state index in [0.29, 0.717) is 6.42 Å². The fraction of sp³-hybridized carbons (Fsp3) is 1.00. The minimum atomic E-state index is -1.31. The Labute approximate surface area is 54.5 Å². The van der Waals surface area contributed by atoms with Gasteiger partial charge in [0.2, 0.25) is 0 Å². The Morgan fingerprint density at radius 3 is 2.22 bits per heavy atom. The van der Waals surface area contributed by atoms with Crippen LogP contribution in [0.5, 0.6) is 0 Å². The molecule has 0 aliphatic heterocycles. The zero-order chi connectivity index (χ0) is 7.49. The summed E-state index contributed by atoms with van der Waals surface area (Å²) in [6, 6.07) is 0. The minimum absolute atomic E-state index is 0.0174. The van der Waals surface area contributed by atoms with E-state index in [4.69, 9.17) is 21.7 Å². The van der Waals surface area contributed by atoms with Crippen molar-refractivity contribution in [3.63, 3.8) is 0 Å². The van der Waals surface area contributed by atoms with Crippen LogP contribution >= 0.6 is 0 Å². The predicted octanol–water partition coefficient (Wildman–Crippen LogP) is -1.29. The van der Waals surface area contributed by atoms with Gasteiger partial charge in [0.05, 0.1) is 0 Å². The lowest BCUT2D eigenvalue weighted by Gasteiger charge is -2.21. The van der Waals surface area contributed by atoms with Crippen molar-refractivity contribution < 1.29 is 10.2 Å². The Balaban J connectivity index is 3.58. The van der Waals surface area contributed by atoms with Crippen LogP contribution in [0.25, 0.3) is 0 Å². The fourth-order valence-corrected chi connectivity index (χ4v) is 0.506. The minimum Gasteiger partial charge on any atom is -0.379 e. The van der Waals surface area contributed by atoms with Gasteiger partial charge in [-0.2, -0.15) is 0 Å².